The fraction of sp³-hybridized carbons (Fsp3) is 0.189. The summed E-state index contributed by atoms with van der Waals surface area (Å²) in [6.07, 6.45) is 0.860. The van der Waals surface area contributed by atoms with E-state index in [2.05, 4.69) is 16.3 Å². The summed E-state index contributed by atoms with van der Waals surface area (Å²) in [5.74, 6) is 0.0998. The molecule has 5 aromatic rings. The van der Waals surface area contributed by atoms with Crippen molar-refractivity contribution in [3.05, 3.63) is 137 Å². The average molecular weight is 664 g/mol. The molecule has 2 heterocycles. The van der Waals surface area contributed by atoms with Crippen molar-refractivity contribution in [1.29, 1.82) is 0 Å². The second-order valence-corrected chi connectivity index (χ2v) is 13.2. The van der Waals surface area contributed by atoms with Gasteiger partial charge in [-0.25, -0.2) is 0 Å². The fourth-order valence-electron chi connectivity index (χ4n) is 5.22. The third-order valence-corrected chi connectivity index (χ3v) is 9.66. The molecule has 47 heavy (non-hydrogen) atoms. The molecule has 0 spiro atoms. The van der Waals surface area contributed by atoms with Crippen LogP contribution < -0.4 is 14.4 Å². The smallest absolute Gasteiger partial charge is 0.301 e. The number of amides is 1. The first kappa shape index (κ1) is 32.0. The summed E-state index contributed by atoms with van der Waals surface area (Å²) >= 11 is 2.73. The van der Waals surface area contributed by atoms with Crippen LogP contribution in [0.5, 0.6) is 11.5 Å². The highest BCUT2D eigenvalue weighted by Gasteiger charge is 2.48. The van der Waals surface area contributed by atoms with Crippen LogP contribution in [0.4, 0.5) is 5.13 Å². The summed E-state index contributed by atoms with van der Waals surface area (Å²) in [6.45, 7) is 5.01. The summed E-state index contributed by atoms with van der Waals surface area (Å²) in [5, 5.41) is 20.5. The Morgan fingerprint density at radius 3 is 2.30 bits per heavy atom. The van der Waals surface area contributed by atoms with Crippen LogP contribution >= 0.6 is 23.1 Å². The van der Waals surface area contributed by atoms with Crippen LogP contribution in [0.15, 0.2) is 113 Å². The molecule has 0 aliphatic carbocycles. The van der Waals surface area contributed by atoms with E-state index in [-0.39, 0.29) is 16.5 Å². The number of carbonyl (C=O) groups is 2. The summed E-state index contributed by atoms with van der Waals surface area (Å²) in [4.78, 5) is 28.6. The number of rotatable bonds is 12. The van der Waals surface area contributed by atoms with Crippen molar-refractivity contribution >= 4 is 45.7 Å². The van der Waals surface area contributed by atoms with Gasteiger partial charge in [0.1, 0.15) is 23.9 Å². The van der Waals surface area contributed by atoms with Gasteiger partial charge in [0.2, 0.25) is 5.13 Å². The molecule has 1 atom stereocenters. The first-order valence-electron chi connectivity index (χ1n) is 15.2. The van der Waals surface area contributed by atoms with Crippen molar-refractivity contribution in [2.75, 3.05) is 11.5 Å². The van der Waals surface area contributed by atoms with Crippen molar-refractivity contribution in [3.63, 3.8) is 0 Å². The second-order valence-electron chi connectivity index (χ2n) is 11.0. The van der Waals surface area contributed by atoms with Crippen LogP contribution in [0.2, 0.25) is 0 Å². The molecule has 1 aliphatic rings. The van der Waals surface area contributed by atoms with E-state index in [0.29, 0.717) is 45.9 Å². The highest BCUT2D eigenvalue weighted by molar-refractivity contribution is 8.00. The van der Waals surface area contributed by atoms with Crippen LogP contribution in [0.3, 0.4) is 0 Å². The topological polar surface area (TPSA) is 102 Å². The Hall–Kier alpha value is -4.93. The Kier molecular flexibility index (Phi) is 9.99. The van der Waals surface area contributed by atoms with E-state index in [1.54, 1.807) is 48.5 Å². The number of benzene rings is 4. The summed E-state index contributed by atoms with van der Waals surface area (Å²) < 4.78 is 12.4. The van der Waals surface area contributed by atoms with Crippen molar-refractivity contribution in [1.82, 2.24) is 10.2 Å². The highest BCUT2D eigenvalue weighted by atomic mass is 32.2. The number of nitrogens with zero attached hydrogens (tertiary/aromatic N) is 3. The molecule has 0 bridgehead atoms. The standard InChI is InChI=1S/C37H33N3O5S2/c1-3-20-44-29-16-12-27(13-17-29)32-31(33(41)28-14-18-30(19-15-28)45-22-26-11-7-8-24(2)21-26)34(42)35(43)40(32)36-38-39-37(47-36)46-23-25-9-5-4-6-10-25/h4-19,21,32,41H,3,20,22-23H2,1-2H3. The highest BCUT2D eigenvalue weighted by Crippen LogP contribution is 2.44. The second kappa shape index (κ2) is 14.7. The summed E-state index contributed by atoms with van der Waals surface area (Å²) in [5.41, 5.74) is 4.31. The molecule has 1 aromatic heterocycles. The molecule has 1 aliphatic heterocycles. The van der Waals surface area contributed by atoms with Gasteiger partial charge >= 0.3 is 5.91 Å². The lowest BCUT2D eigenvalue weighted by Gasteiger charge is -2.22. The van der Waals surface area contributed by atoms with E-state index < -0.39 is 17.7 Å². The molecule has 1 N–H and O–H groups in total. The van der Waals surface area contributed by atoms with Gasteiger partial charge in [0.05, 0.1) is 18.2 Å². The van der Waals surface area contributed by atoms with Gasteiger partial charge in [-0.05, 0) is 66.4 Å². The first-order chi connectivity index (χ1) is 22.9. The van der Waals surface area contributed by atoms with E-state index in [0.717, 1.165) is 23.1 Å². The number of aromatic nitrogens is 2. The zero-order valence-corrected chi connectivity index (χ0v) is 27.6. The lowest BCUT2D eigenvalue weighted by molar-refractivity contribution is -0.132. The van der Waals surface area contributed by atoms with Gasteiger partial charge in [0.25, 0.3) is 5.78 Å². The number of thioether (sulfide) groups is 1. The van der Waals surface area contributed by atoms with Crippen molar-refractivity contribution < 1.29 is 24.2 Å². The number of aliphatic hydroxyl groups is 1. The van der Waals surface area contributed by atoms with Crippen LogP contribution in [0, 0.1) is 6.92 Å². The van der Waals surface area contributed by atoms with E-state index in [9.17, 15) is 14.7 Å². The van der Waals surface area contributed by atoms with Crippen molar-refractivity contribution in [2.24, 2.45) is 0 Å². The number of aliphatic hydroxyl groups excluding tert-OH is 1. The van der Waals surface area contributed by atoms with E-state index in [1.807, 2.05) is 62.4 Å². The number of aryl methyl sites for hydroxylation is 1. The van der Waals surface area contributed by atoms with Gasteiger partial charge in [-0.15, -0.1) is 10.2 Å². The molecular weight excluding hydrogens is 631 g/mol. The average Bonchev–Trinajstić information content (AvgIpc) is 3.67. The van der Waals surface area contributed by atoms with Crippen molar-refractivity contribution in [3.8, 4) is 11.5 Å². The number of ketones is 1. The van der Waals surface area contributed by atoms with Crippen molar-refractivity contribution in [2.45, 2.75) is 43.0 Å². The molecule has 1 saturated heterocycles. The fourth-order valence-corrected chi connectivity index (χ4v) is 7.05. The first-order valence-corrected chi connectivity index (χ1v) is 17.0. The molecule has 0 saturated carbocycles. The maximum atomic E-state index is 13.7. The molecule has 6 rings (SSSR count). The summed E-state index contributed by atoms with van der Waals surface area (Å²) in [7, 11) is 0. The van der Waals surface area contributed by atoms with Gasteiger partial charge in [0.15, 0.2) is 4.34 Å². The maximum absolute atomic E-state index is 13.7. The van der Waals surface area contributed by atoms with Crippen LogP contribution in [-0.4, -0.2) is 33.6 Å². The Balaban J connectivity index is 1.31. The predicted molar refractivity (Wildman–Crippen MR) is 185 cm³/mol. The van der Waals surface area contributed by atoms with Gasteiger partial charge in [-0.1, -0.05) is 102 Å². The zero-order valence-electron chi connectivity index (χ0n) is 26.0. The van der Waals surface area contributed by atoms with Gasteiger partial charge in [0, 0.05) is 11.3 Å². The maximum Gasteiger partial charge on any atom is 0.301 e. The number of carbonyl (C=O) groups excluding carboxylic acids is 2. The number of hydrogen-bond donors (Lipinski definition) is 1. The van der Waals surface area contributed by atoms with Crippen LogP contribution in [0.25, 0.3) is 5.76 Å². The van der Waals surface area contributed by atoms with E-state index in [4.69, 9.17) is 9.47 Å². The number of hydrogen-bond acceptors (Lipinski definition) is 9. The number of Topliss-reactive ketones (excluding diaryl/α,β-unsaturated/α-hetero) is 1. The molecule has 1 fully saturated rings. The third-order valence-electron chi connectivity index (χ3n) is 7.54. The minimum Gasteiger partial charge on any atom is -0.507 e. The molecule has 4 aromatic carbocycles. The Labute approximate surface area is 281 Å². The zero-order chi connectivity index (χ0) is 32.8. The van der Waals surface area contributed by atoms with Gasteiger partial charge in [-0.2, -0.15) is 0 Å². The minimum absolute atomic E-state index is 0.0284. The molecular formula is C37H33N3O5S2. The van der Waals surface area contributed by atoms with E-state index >= 15 is 0 Å². The lowest BCUT2D eigenvalue weighted by atomic mass is 9.95. The van der Waals surface area contributed by atoms with E-state index in [1.165, 1.54) is 28.0 Å². The van der Waals surface area contributed by atoms with Gasteiger partial charge < -0.3 is 14.6 Å². The summed E-state index contributed by atoms with van der Waals surface area (Å²) in [6, 6.07) is 31.2. The number of ether oxygens (including phenoxy) is 2. The quantitative estimate of drug-likeness (QED) is 0.0470. The Morgan fingerprint density at radius 1 is 0.872 bits per heavy atom. The van der Waals surface area contributed by atoms with Gasteiger partial charge in [-0.3, -0.25) is 14.5 Å². The number of anilines is 1. The molecule has 0 radical (unpaired) electrons. The SMILES string of the molecule is CCCOc1ccc(C2C(=C(O)c3ccc(OCc4cccc(C)c4)cc3)C(=O)C(=O)N2c2nnc(SCc3ccccc3)s2)cc1. The molecule has 8 nitrogen and oxygen atoms in total. The largest absolute Gasteiger partial charge is 0.507 e. The normalized spacial score (nSPS) is 15.6. The lowest BCUT2D eigenvalue weighted by Crippen LogP contribution is -2.29. The monoisotopic (exact) mass is 663 g/mol. The Bertz CT molecular complexity index is 1890. The molecule has 238 valence electrons. The Morgan fingerprint density at radius 2 is 1.57 bits per heavy atom. The molecule has 1 amide bonds. The van der Waals surface area contributed by atoms with Crippen LogP contribution in [-0.2, 0) is 21.9 Å². The third kappa shape index (κ3) is 7.40. The minimum atomic E-state index is -0.924. The van der Waals surface area contributed by atoms with Crippen LogP contribution in [0.1, 0.15) is 47.2 Å². The molecule has 1 unspecified atom stereocenters. The predicted octanol–water partition coefficient (Wildman–Crippen LogP) is 8.13. The molecule has 10 heteroatoms.